The molecule has 6 heteroatoms. The summed E-state index contributed by atoms with van der Waals surface area (Å²) in [5, 5.41) is 14.6. The summed E-state index contributed by atoms with van der Waals surface area (Å²) in [5.41, 5.74) is 3.76. The normalized spacial score (nSPS) is 15.8. The van der Waals surface area contributed by atoms with Crippen molar-refractivity contribution in [1.29, 1.82) is 0 Å². The Morgan fingerprint density at radius 2 is 2.07 bits per heavy atom. The summed E-state index contributed by atoms with van der Waals surface area (Å²) in [7, 11) is 0. The Morgan fingerprint density at radius 1 is 1.27 bits per heavy atom. The number of carboxylic acids is 1. The van der Waals surface area contributed by atoms with Gasteiger partial charge >= 0.3 is 5.97 Å². The topological polar surface area (TPSA) is 72.4 Å². The molecule has 1 aliphatic heterocycles. The molecule has 0 amide bonds. The van der Waals surface area contributed by atoms with Gasteiger partial charge in [0.15, 0.2) is 11.2 Å². The van der Waals surface area contributed by atoms with E-state index in [2.05, 4.69) is 38.3 Å². The number of rotatable bonds is 2. The molecule has 152 valence electrons. The third kappa shape index (κ3) is 2.75. The number of aromatic nitrogens is 1. The highest BCUT2D eigenvalue weighted by Gasteiger charge is 2.36. The Labute approximate surface area is 177 Å². The third-order valence-electron chi connectivity index (χ3n) is 5.93. The van der Waals surface area contributed by atoms with E-state index < -0.39 is 11.4 Å². The van der Waals surface area contributed by atoms with Crippen LogP contribution in [0.3, 0.4) is 0 Å². The van der Waals surface area contributed by atoms with Crippen molar-refractivity contribution in [3.8, 4) is 22.6 Å². The Morgan fingerprint density at radius 3 is 2.73 bits per heavy atom. The van der Waals surface area contributed by atoms with Crippen LogP contribution in [0.5, 0.6) is 0 Å². The first kappa shape index (κ1) is 18.9. The number of thiophene rings is 1. The van der Waals surface area contributed by atoms with E-state index >= 15 is 0 Å². The first-order chi connectivity index (χ1) is 14.3. The number of carbonyl (C=O) groups is 1. The number of fused-ring (bicyclic) bond motifs is 5. The van der Waals surface area contributed by atoms with Gasteiger partial charge < -0.3 is 14.1 Å². The van der Waals surface area contributed by atoms with Gasteiger partial charge in [-0.3, -0.25) is 4.79 Å². The minimum Gasteiger partial charge on any atom is -0.477 e. The molecule has 0 aliphatic carbocycles. The molecule has 0 unspecified atom stereocenters. The molecule has 0 spiro atoms. The molecule has 0 fully saturated rings. The van der Waals surface area contributed by atoms with Crippen molar-refractivity contribution in [3.63, 3.8) is 0 Å². The fourth-order valence-electron chi connectivity index (χ4n) is 4.39. The van der Waals surface area contributed by atoms with Crippen LogP contribution in [-0.4, -0.2) is 15.6 Å². The van der Waals surface area contributed by atoms with E-state index in [1.165, 1.54) is 12.3 Å². The summed E-state index contributed by atoms with van der Waals surface area (Å²) in [6.45, 7) is 6.39. The molecule has 0 radical (unpaired) electrons. The van der Waals surface area contributed by atoms with Crippen LogP contribution in [0.15, 0.2) is 56.5 Å². The van der Waals surface area contributed by atoms with E-state index in [1.807, 2.05) is 22.1 Å². The van der Waals surface area contributed by atoms with Crippen molar-refractivity contribution < 1.29 is 14.3 Å². The first-order valence-corrected chi connectivity index (χ1v) is 10.8. The van der Waals surface area contributed by atoms with E-state index in [0.29, 0.717) is 17.9 Å². The van der Waals surface area contributed by atoms with Crippen LogP contribution in [0.4, 0.5) is 0 Å². The summed E-state index contributed by atoms with van der Waals surface area (Å²) in [6, 6.07) is 9.60. The maximum absolute atomic E-state index is 12.5. The van der Waals surface area contributed by atoms with Gasteiger partial charge in [0, 0.05) is 34.8 Å². The van der Waals surface area contributed by atoms with Gasteiger partial charge in [0.2, 0.25) is 0 Å². The molecule has 30 heavy (non-hydrogen) atoms. The second-order valence-corrected chi connectivity index (χ2v) is 9.62. The minimum atomic E-state index is -1.21. The van der Waals surface area contributed by atoms with Crippen LogP contribution < -0.4 is 5.43 Å². The van der Waals surface area contributed by atoms with Crippen molar-refractivity contribution in [1.82, 2.24) is 4.57 Å². The number of benzene rings is 1. The molecule has 0 saturated heterocycles. The smallest absolute Gasteiger partial charge is 0.341 e. The molecule has 1 atom stereocenters. The van der Waals surface area contributed by atoms with Gasteiger partial charge in [-0.2, -0.15) is 11.3 Å². The summed E-state index contributed by atoms with van der Waals surface area (Å²) < 4.78 is 8.30. The highest BCUT2D eigenvalue weighted by Crippen LogP contribution is 2.47. The fraction of sp³-hybridized carbons (Fsp3) is 0.250. The monoisotopic (exact) mass is 419 g/mol. The number of hydrogen-bond donors (Lipinski definition) is 1. The molecule has 1 aliphatic rings. The van der Waals surface area contributed by atoms with Crippen molar-refractivity contribution in [2.75, 3.05) is 0 Å². The molecule has 4 aromatic rings. The molecular weight excluding hydrogens is 398 g/mol. The molecule has 1 aromatic carbocycles. The molecular formula is C24H21NO4S. The number of aromatic carboxylic acids is 1. The number of carboxylic acid groups (broad SMARTS) is 1. The SMILES string of the molecule is CC(C)(C)[C@@H]1Cc2c(oc3c(-c4ccsc4)cccc23)-c2cc(=O)c(C(=O)O)cn21. The van der Waals surface area contributed by atoms with Crippen molar-refractivity contribution in [2.45, 2.75) is 33.2 Å². The van der Waals surface area contributed by atoms with E-state index in [9.17, 15) is 14.7 Å². The van der Waals surface area contributed by atoms with Gasteiger partial charge in [-0.1, -0.05) is 39.0 Å². The highest BCUT2D eigenvalue weighted by molar-refractivity contribution is 7.08. The Hall–Kier alpha value is -3.12. The molecule has 4 heterocycles. The Kier molecular flexibility index (Phi) is 4.05. The van der Waals surface area contributed by atoms with Crippen LogP contribution in [0.1, 0.15) is 42.7 Å². The van der Waals surface area contributed by atoms with Crippen molar-refractivity contribution in [3.05, 3.63) is 68.6 Å². The molecule has 1 N–H and O–H groups in total. The van der Waals surface area contributed by atoms with Crippen LogP contribution in [-0.2, 0) is 6.42 Å². The lowest BCUT2D eigenvalue weighted by atomic mass is 9.79. The van der Waals surface area contributed by atoms with Crippen LogP contribution in [0.2, 0.25) is 0 Å². The molecule has 0 saturated carbocycles. The maximum atomic E-state index is 12.5. The Bertz CT molecular complexity index is 1350. The largest absolute Gasteiger partial charge is 0.477 e. The lowest BCUT2D eigenvalue weighted by molar-refractivity contribution is 0.0693. The number of hydrogen-bond acceptors (Lipinski definition) is 4. The predicted octanol–water partition coefficient (Wildman–Crippen LogP) is 5.83. The minimum absolute atomic E-state index is 0.00990. The standard InChI is InChI=1S/C24H21NO4S/c1-24(2,3)20-9-16-15-6-4-5-14(13-7-8-30-12-13)21(15)29-22(16)18-10-19(26)17(23(27)28)11-25(18)20/h4-8,10-12,20H,9H2,1-3H3,(H,27,28)/t20-/m0/s1. The van der Waals surface area contributed by atoms with E-state index in [1.54, 1.807) is 11.3 Å². The fourth-order valence-corrected chi connectivity index (χ4v) is 5.05. The number of para-hydroxylation sites is 1. The van der Waals surface area contributed by atoms with E-state index in [4.69, 9.17) is 4.42 Å². The maximum Gasteiger partial charge on any atom is 0.341 e. The second kappa shape index (κ2) is 6.44. The van der Waals surface area contributed by atoms with Gasteiger partial charge in [0.25, 0.3) is 0 Å². The number of pyridine rings is 1. The average Bonchev–Trinajstić information content (AvgIpc) is 3.33. The van der Waals surface area contributed by atoms with Crippen LogP contribution >= 0.6 is 11.3 Å². The molecule has 5 rings (SSSR count). The number of nitrogens with zero attached hydrogens (tertiary/aromatic N) is 1. The van der Waals surface area contributed by atoms with Crippen LogP contribution in [0.25, 0.3) is 33.6 Å². The zero-order valence-corrected chi connectivity index (χ0v) is 17.7. The molecule has 3 aromatic heterocycles. The van der Waals surface area contributed by atoms with Gasteiger partial charge in [-0.25, -0.2) is 4.79 Å². The highest BCUT2D eigenvalue weighted by atomic mass is 32.1. The lowest BCUT2D eigenvalue weighted by Crippen LogP contribution is -2.32. The first-order valence-electron chi connectivity index (χ1n) is 9.82. The summed E-state index contributed by atoms with van der Waals surface area (Å²) >= 11 is 1.63. The van der Waals surface area contributed by atoms with Gasteiger partial charge in [0.05, 0.1) is 5.69 Å². The van der Waals surface area contributed by atoms with Crippen molar-refractivity contribution in [2.24, 2.45) is 5.41 Å². The van der Waals surface area contributed by atoms with Crippen LogP contribution in [0, 0.1) is 5.41 Å². The number of furan rings is 1. The van der Waals surface area contributed by atoms with Crippen molar-refractivity contribution >= 4 is 28.3 Å². The third-order valence-corrected chi connectivity index (χ3v) is 6.61. The van der Waals surface area contributed by atoms with Gasteiger partial charge in [-0.05, 0) is 34.2 Å². The van der Waals surface area contributed by atoms with Gasteiger partial charge in [-0.15, -0.1) is 0 Å². The lowest BCUT2D eigenvalue weighted by Gasteiger charge is -2.37. The summed E-state index contributed by atoms with van der Waals surface area (Å²) in [5.74, 6) is -0.555. The average molecular weight is 420 g/mol. The van der Waals surface area contributed by atoms with E-state index in [-0.39, 0.29) is 17.0 Å². The second-order valence-electron chi connectivity index (χ2n) is 8.84. The zero-order valence-electron chi connectivity index (χ0n) is 16.9. The summed E-state index contributed by atoms with van der Waals surface area (Å²) in [4.78, 5) is 24.1. The molecule has 0 bridgehead atoms. The van der Waals surface area contributed by atoms with E-state index in [0.717, 1.165) is 27.7 Å². The summed E-state index contributed by atoms with van der Waals surface area (Å²) in [6.07, 6.45) is 2.18. The van der Waals surface area contributed by atoms with Gasteiger partial charge in [0.1, 0.15) is 11.1 Å². The predicted molar refractivity (Wildman–Crippen MR) is 118 cm³/mol. The zero-order chi connectivity index (χ0) is 21.2. The quantitative estimate of drug-likeness (QED) is 0.444. The molecule has 5 nitrogen and oxygen atoms in total. The Balaban J connectivity index is 1.84.